The number of carbonyl (C=O) groups is 1. The molecule has 0 aliphatic rings. The van der Waals surface area contributed by atoms with Crippen LogP contribution in [0.3, 0.4) is 0 Å². The van der Waals surface area contributed by atoms with E-state index in [0.29, 0.717) is 11.4 Å². The highest BCUT2D eigenvalue weighted by Crippen LogP contribution is 2.31. The molecule has 0 radical (unpaired) electrons. The predicted molar refractivity (Wildman–Crippen MR) is 123 cm³/mol. The van der Waals surface area contributed by atoms with Gasteiger partial charge in [0.1, 0.15) is 11.5 Å². The van der Waals surface area contributed by atoms with Gasteiger partial charge in [0.25, 0.3) is 11.5 Å². The first-order valence-corrected chi connectivity index (χ1v) is 10.2. The summed E-state index contributed by atoms with van der Waals surface area (Å²) >= 11 is 0. The maximum atomic E-state index is 13.2. The lowest BCUT2D eigenvalue weighted by molar-refractivity contribution is 0.102. The Morgan fingerprint density at radius 1 is 0.938 bits per heavy atom. The Hall–Kier alpha value is -4.26. The van der Waals surface area contributed by atoms with Gasteiger partial charge in [-0.2, -0.15) is 9.78 Å². The van der Waals surface area contributed by atoms with E-state index in [1.54, 1.807) is 0 Å². The lowest BCUT2D eigenvalue weighted by atomic mass is 10.1. The fraction of sp³-hybridized carbons (Fsp3) is 0.0800. The smallest absolute Gasteiger partial charge is 0.276 e. The van der Waals surface area contributed by atoms with E-state index < -0.39 is 17.3 Å². The number of aryl methyl sites for hydroxylation is 1. The fourth-order valence-corrected chi connectivity index (χ4v) is 3.97. The molecule has 6 nitrogen and oxygen atoms in total. The van der Waals surface area contributed by atoms with E-state index in [0.717, 1.165) is 33.0 Å². The third-order valence-corrected chi connectivity index (χ3v) is 5.45. The third kappa shape index (κ3) is 3.33. The Morgan fingerprint density at radius 3 is 2.47 bits per heavy atom. The molecule has 1 N–H and O–H groups in total. The lowest BCUT2D eigenvalue weighted by Crippen LogP contribution is -2.24. The predicted octanol–water partition coefficient (Wildman–Crippen LogP) is 4.75. The van der Waals surface area contributed by atoms with Gasteiger partial charge in [-0.15, -0.1) is 0 Å². The summed E-state index contributed by atoms with van der Waals surface area (Å²) in [5, 5.41) is 9.19. The molecular weight excluding hydrogens is 407 g/mol. The maximum Gasteiger partial charge on any atom is 0.276 e. The standard InChI is InChI=1S/C25H19FN4O2/c1-2-29-22-6-4-3-5-19(22)20-15-17(9-13-23(20)29)27-25(32)21-12-14-24(31)30(28-21)18-10-7-16(26)8-11-18/h3-15H,2H2,1H3,(H,27,32). The van der Waals surface area contributed by atoms with Crippen LogP contribution in [-0.2, 0) is 6.54 Å². The summed E-state index contributed by atoms with van der Waals surface area (Å²) in [6.45, 7) is 2.94. The zero-order chi connectivity index (χ0) is 22.2. The first kappa shape index (κ1) is 19.7. The molecule has 32 heavy (non-hydrogen) atoms. The Labute approximate surface area is 182 Å². The second-order valence-electron chi connectivity index (χ2n) is 7.39. The number of anilines is 1. The van der Waals surface area contributed by atoms with E-state index in [-0.39, 0.29) is 5.69 Å². The average Bonchev–Trinajstić information content (AvgIpc) is 3.13. The van der Waals surface area contributed by atoms with E-state index >= 15 is 0 Å². The molecule has 7 heteroatoms. The van der Waals surface area contributed by atoms with Crippen LogP contribution in [0.15, 0.2) is 83.7 Å². The first-order chi connectivity index (χ1) is 15.5. The van der Waals surface area contributed by atoms with E-state index in [4.69, 9.17) is 0 Å². The number of fused-ring (bicyclic) bond motifs is 3. The van der Waals surface area contributed by atoms with Crippen molar-refractivity contribution in [3.05, 3.63) is 101 Å². The Morgan fingerprint density at radius 2 is 1.69 bits per heavy atom. The molecule has 0 fully saturated rings. The van der Waals surface area contributed by atoms with E-state index in [9.17, 15) is 14.0 Å². The summed E-state index contributed by atoms with van der Waals surface area (Å²) in [7, 11) is 0. The largest absolute Gasteiger partial charge is 0.341 e. The molecule has 0 bridgehead atoms. The highest BCUT2D eigenvalue weighted by Gasteiger charge is 2.14. The molecule has 2 heterocycles. The molecule has 0 aliphatic heterocycles. The van der Waals surface area contributed by atoms with E-state index in [1.807, 2.05) is 30.3 Å². The van der Waals surface area contributed by atoms with Gasteiger partial charge in [0.15, 0.2) is 0 Å². The molecule has 158 valence electrons. The summed E-state index contributed by atoms with van der Waals surface area (Å²) in [5.74, 6) is -0.866. The molecule has 0 spiro atoms. The number of nitrogens with one attached hydrogen (secondary N) is 1. The van der Waals surface area contributed by atoms with Crippen molar-refractivity contribution >= 4 is 33.4 Å². The number of para-hydroxylation sites is 1. The average molecular weight is 426 g/mol. The molecule has 0 saturated heterocycles. The van der Waals surface area contributed by atoms with E-state index in [1.165, 1.54) is 36.4 Å². The van der Waals surface area contributed by atoms with Crippen molar-refractivity contribution in [2.24, 2.45) is 0 Å². The number of hydrogen-bond acceptors (Lipinski definition) is 3. The minimum absolute atomic E-state index is 0.0741. The normalized spacial score (nSPS) is 11.2. The minimum Gasteiger partial charge on any atom is -0.341 e. The molecule has 0 aliphatic carbocycles. The minimum atomic E-state index is -0.445. The quantitative estimate of drug-likeness (QED) is 0.451. The summed E-state index contributed by atoms with van der Waals surface area (Å²) in [4.78, 5) is 25.1. The molecule has 3 aromatic carbocycles. The number of nitrogens with zero attached hydrogens (tertiary/aromatic N) is 3. The van der Waals surface area contributed by atoms with Crippen molar-refractivity contribution in [2.75, 3.05) is 5.32 Å². The van der Waals surface area contributed by atoms with Gasteiger partial charge in [-0.05, 0) is 61.5 Å². The second kappa shape index (κ2) is 7.77. The third-order valence-electron chi connectivity index (χ3n) is 5.45. The van der Waals surface area contributed by atoms with Crippen molar-refractivity contribution in [1.82, 2.24) is 14.3 Å². The number of rotatable bonds is 4. The summed E-state index contributed by atoms with van der Waals surface area (Å²) in [6, 6.07) is 21.9. The molecule has 0 unspecified atom stereocenters. The van der Waals surface area contributed by atoms with Crippen LogP contribution in [0.25, 0.3) is 27.5 Å². The second-order valence-corrected chi connectivity index (χ2v) is 7.39. The van der Waals surface area contributed by atoms with Crippen LogP contribution in [0.5, 0.6) is 0 Å². The Bertz CT molecular complexity index is 1530. The summed E-state index contributed by atoms with van der Waals surface area (Å²) in [5.41, 5.74) is 2.89. The van der Waals surface area contributed by atoms with Crippen molar-refractivity contribution < 1.29 is 9.18 Å². The topological polar surface area (TPSA) is 68.9 Å². The number of carbonyl (C=O) groups excluding carboxylic acids is 1. The van der Waals surface area contributed by atoms with Gasteiger partial charge >= 0.3 is 0 Å². The van der Waals surface area contributed by atoms with Gasteiger partial charge < -0.3 is 9.88 Å². The van der Waals surface area contributed by atoms with Crippen molar-refractivity contribution in [3.8, 4) is 5.69 Å². The Kier molecular flexibility index (Phi) is 4.78. The van der Waals surface area contributed by atoms with E-state index in [2.05, 4.69) is 34.0 Å². The lowest BCUT2D eigenvalue weighted by Gasteiger charge is -2.09. The Balaban J connectivity index is 1.50. The number of hydrogen-bond donors (Lipinski definition) is 1. The maximum absolute atomic E-state index is 13.2. The van der Waals surface area contributed by atoms with Crippen molar-refractivity contribution in [3.63, 3.8) is 0 Å². The zero-order valence-electron chi connectivity index (χ0n) is 17.2. The van der Waals surface area contributed by atoms with Crippen LogP contribution in [0.1, 0.15) is 17.4 Å². The number of aromatic nitrogens is 3. The summed E-state index contributed by atoms with van der Waals surface area (Å²) in [6.07, 6.45) is 0. The fourth-order valence-electron chi connectivity index (χ4n) is 3.97. The SMILES string of the molecule is CCn1c2ccccc2c2cc(NC(=O)c3ccc(=O)n(-c4ccc(F)cc4)n3)ccc21. The zero-order valence-corrected chi connectivity index (χ0v) is 17.2. The molecule has 1 amide bonds. The first-order valence-electron chi connectivity index (χ1n) is 10.2. The van der Waals surface area contributed by atoms with Crippen LogP contribution in [0.2, 0.25) is 0 Å². The molecule has 5 aromatic rings. The number of halogens is 1. The molecule has 2 aromatic heterocycles. The highest BCUT2D eigenvalue weighted by molar-refractivity contribution is 6.10. The summed E-state index contributed by atoms with van der Waals surface area (Å²) < 4.78 is 16.5. The number of benzene rings is 3. The highest BCUT2D eigenvalue weighted by atomic mass is 19.1. The van der Waals surface area contributed by atoms with Gasteiger partial charge in [-0.25, -0.2) is 4.39 Å². The van der Waals surface area contributed by atoms with Crippen molar-refractivity contribution in [1.29, 1.82) is 0 Å². The van der Waals surface area contributed by atoms with Gasteiger partial charge in [0, 0.05) is 40.1 Å². The van der Waals surface area contributed by atoms with Gasteiger partial charge in [0.2, 0.25) is 0 Å². The van der Waals surface area contributed by atoms with Crippen LogP contribution >= 0.6 is 0 Å². The van der Waals surface area contributed by atoms with Gasteiger partial charge in [-0.3, -0.25) is 9.59 Å². The molecular formula is C25H19FN4O2. The number of amides is 1. The van der Waals surface area contributed by atoms with Gasteiger partial charge in [0.05, 0.1) is 5.69 Å². The van der Waals surface area contributed by atoms with Crippen LogP contribution < -0.4 is 10.9 Å². The molecule has 0 atom stereocenters. The monoisotopic (exact) mass is 426 g/mol. The van der Waals surface area contributed by atoms with Crippen LogP contribution in [0.4, 0.5) is 10.1 Å². The van der Waals surface area contributed by atoms with Crippen LogP contribution in [0, 0.1) is 5.82 Å². The molecule has 0 saturated carbocycles. The van der Waals surface area contributed by atoms with Crippen LogP contribution in [-0.4, -0.2) is 20.3 Å². The van der Waals surface area contributed by atoms with Gasteiger partial charge in [-0.1, -0.05) is 18.2 Å². The van der Waals surface area contributed by atoms with Crippen molar-refractivity contribution in [2.45, 2.75) is 13.5 Å². The molecule has 5 rings (SSSR count).